The second-order valence-corrected chi connectivity index (χ2v) is 11.4. The van der Waals surface area contributed by atoms with Crippen LogP contribution >= 0.6 is 0 Å². The number of carbonyl (C=O) groups is 2. The summed E-state index contributed by atoms with van der Waals surface area (Å²) in [5.41, 5.74) is -4.28. The van der Waals surface area contributed by atoms with Gasteiger partial charge in [-0.15, -0.1) is 0 Å². The molecule has 13 heteroatoms. The van der Waals surface area contributed by atoms with Gasteiger partial charge in [-0.05, 0) is 75.1 Å². The van der Waals surface area contributed by atoms with E-state index in [4.69, 9.17) is 0 Å². The molecule has 0 unspecified atom stereocenters. The summed E-state index contributed by atoms with van der Waals surface area (Å²) in [5.74, 6) is -2.11. The van der Waals surface area contributed by atoms with Crippen molar-refractivity contribution in [2.24, 2.45) is 5.92 Å². The van der Waals surface area contributed by atoms with Gasteiger partial charge < -0.3 is 14.7 Å². The third-order valence-corrected chi connectivity index (χ3v) is 9.04. The van der Waals surface area contributed by atoms with Crippen LogP contribution in [0.15, 0.2) is 30.3 Å². The fraction of sp³-hybridized carbons (Fsp3) is 0.517. The summed E-state index contributed by atoms with van der Waals surface area (Å²) in [6.45, 7) is 1.88. The number of aryl methyl sites for hydroxylation is 1. The van der Waals surface area contributed by atoms with Crippen LogP contribution < -0.4 is 9.80 Å². The molecule has 2 aromatic rings. The van der Waals surface area contributed by atoms with Gasteiger partial charge >= 0.3 is 12.4 Å². The lowest BCUT2D eigenvalue weighted by Gasteiger charge is -2.50. The number of carbonyl (C=O) groups excluding carboxylic acids is 2. The highest BCUT2D eigenvalue weighted by atomic mass is 19.4. The van der Waals surface area contributed by atoms with Crippen molar-refractivity contribution in [1.29, 1.82) is 5.26 Å². The number of nitrogens with zero attached hydrogens (tertiary/aromatic N) is 5. The molecular formula is C29H29F6N5O2. The highest BCUT2D eigenvalue weighted by Gasteiger charge is 2.57. The molecule has 1 aromatic carbocycles. The predicted octanol–water partition coefficient (Wildman–Crippen LogP) is 5.70. The van der Waals surface area contributed by atoms with E-state index < -0.39 is 58.5 Å². The van der Waals surface area contributed by atoms with Crippen LogP contribution in [0, 0.1) is 24.2 Å². The Bertz CT molecular complexity index is 1460. The fourth-order valence-corrected chi connectivity index (χ4v) is 6.69. The van der Waals surface area contributed by atoms with Gasteiger partial charge in [-0.25, -0.2) is 4.98 Å². The Labute approximate surface area is 238 Å². The van der Waals surface area contributed by atoms with Crippen LogP contribution in [0.2, 0.25) is 0 Å². The molecule has 2 saturated carbocycles. The summed E-state index contributed by atoms with van der Waals surface area (Å²) in [7, 11) is 3.06. The minimum atomic E-state index is -5.26. The largest absolute Gasteiger partial charge is 0.433 e. The molecule has 2 heterocycles. The number of halogens is 6. The highest BCUT2D eigenvalue weighted by molar-refractivity contribution is 6.03. The average molecular weight is 594 g/mol. The lowest BCUT2D eigenvalue weighted by molar-refractivity contribution is -0.151. The van der Waals surface area contributed by atoms with Crippen LogP contribution in [0.25, 0.3) is 0 Å². The van der Waals surface area contributed by atoms with Crippen molar-refractivity contribution >= 4 is 23.3 Å². The Balaban J connectivity index is 1.55. The molecule has 224 valence electrons. The molecule has 5 rings (SSSR count). The van der Waals surface area contributed by atoms with E-state index in [-0.39, 0.29) is 17.9 Å². The molecule has 0 spiro atoms. The number of hydrogen-bond acceptors (Lipinski definition) is 5. The van der Waals surface area contributed by atoms with Crippen molar-refractivity contribution in [3.63, 3.8) is 0 Å². The number of benzene rings is 1. The van der Waals surface area contributed by atoms with Gasteiger partial charge in [0, 0.05) is 25.8 Å². The molecule has 3 aliphatic rings. The number of likely N-dealkylation sites (N-methyl/N-ethyl adjacent to an activating group) is 2. The Hall–Kier alpha value is -3.82. The molecule has 42 heavy (non-hydrogen) atoms. The smallest absolute Gasteiger partial charge is 0.340 e. The number of anilines is 2. The minimum absolute atomic E-state index is 0.164. The van der Waals surface area contributed by atoms with E-state index in [9.17, 15) is 41.2 Å². The van der Waals surface area contributed by atoms with Crippen molar-refractivity contribution in [3.05, 3.63) is 52.7 Å². The van der Waals surface area contributed by atoms with Gasteiger partial charge in [0.25, 0.3) is 5.91 Å². The van der Waals surface area contributed by atoms with Gasteiger partial charge in [-0.2, -0.15) is 31.6 Å². The number of nitriles is 1. The zero-order chi connectivity index (χ0) is 30.8. The second-order valence-electron chi connectivity index (χ2n) is 11.4. The maximum atomic E-state index is 14.2. The van der Waals surface area contributed by atoms with E-state index in [2.05, 4.69) is 4.98 Å². The fourth-order valence-electron chi connectivity index (χ4n) is 6.69. The third kappa shape index (κ3) is 4.74. The first kappa shape index (κ1) is 29.7. The van der Waals surface area contributed by atoms with Crippen molar-refractivity contribution in [2.45, 2.75) is 75.4 Å². The second kappa shape index (κ2) is 10.2. The Morgan fingerprint density at radius 2 is 1.76 bits per heavy atom. The molecule has 1 aliphatic heterocycles. The minimum Gasteiger partial charge on any atom is -0.340 e. The number of fused-ring (bicyclic) bond motifs is 2. The summed E-state index contributed by atoms with van der Waals surface area (Å²) in [4.78, 5) is 35.5. The van der Waals surface area contributed by atoms with Gasteiger partial charge in [0.2, 0.25) is 5.91 Å². The number of amides is 2. The lowest BCUT2D eigenvalue weighted by atomic mass is 9.73. The van der Waals surface area contributed by atoms with Crippen molar-refractivity contribution in [1.82, 2.24) is 9.88 Å². The van der Waals surface area contributed by atoms with Gasteiger partial charge in [0.05, 0.1) is 5.56 Å². The molecule has 3 fully saturated rings. The molecule has 2 bridgehead atoms. The van der Waals surface area contributed by atoms with Crippen molar-refractivity contribution in [2.75, 3.05) is 23.9 Å². The molecule has 1 aromatic heterocycles. The number of pyridine rings is 1. The molecule has 2 aliphatic carbocycles. The van der Waals surface area contributed by atoms with Crippen LogP contribution in [0.1, 0.15) is 60.9 Å². The summed E-state index contributed by atoms with van der Waals surface area (Å²) < 4.78 is 82.9. The lowest BCUT2D eigenvalue weighted by Crippen LogP contribution is -2.66. The summed E-state index contributed by atoms with van der Waals surface area (Å²) in [6, 6.07) is 6.75. The standard InChI is InChI=1S/C29H29F6N5O2/c1-16-6-4-7-18(12-16)38(2)26(42)27(10-5-11-27)39(3)25(41)23-17-8-9-19(13-17)40(23)24-20(15-36)21(28(30,31)32)14-22(37-24)29(33,34)35/h4,6-7,12,14,17,19,23H,5,8-11,13H2,1-3H3/t17-,19+,23-/m0/s1. The summed E-state index contributed by atoms with van der Waals surface area (Å²) >= 11 is 0. The monoisotopic (exact) mass is 593 g/mol. The zero-order valence-electron chi connectivity index (χ0n) is 23.2. The first-order valence-corrected chi connectivity index (χ1v) is 13.6. The van der Waals surface area contributed by atoms with Crippen LogP contribution in [0.5, 0.6) is 0 Å². The van der Waals surface area contributed by atoms with Gasteiger partial charge in [0.1, 0.15) is 34.7 Å². The highest BCUT2D eigenvalue weighted by Crippen LogP contribution is 2.49. The molecular weight excluding hydrogens is 564 g/mol. The van der Waals surface area contributed by atoms with E-state index in [1.165, 1.54) is 27.8 Å². The van der Waals surface area contributed by atoms with Crippen molar-refractivity contribution in [3.8, 4) is 6.07 Å². The molecule has 7 nitrogen and oxygen atoms in total. The predicted molar refractivity (Wildman–Crippen MR) is 140 cm³/mol. The quantitative estimate of drug-likeness (QED) is 0.416. The Morgan fingerprint density at radius 3 is 2.31 bits per heavy atom. The third-order valence-electron chi connectivity index (χ3n) is 9.04. The van der Waals surface area contributed by atoms with Crippen LogP contribution in [-0.4, -0.2) is 53.4 Å². The van der Waals surface area contributed by atoms with E-state index >= 15 is 0 Å². The normalized spacial score (nSPS) is 22.9. The summed E-state index contributed by atoms with van der Waals surface area (Å²) in [6.07, 6.45) is -7.82. The molecule has 3 atom stereocenters. The molecule has 2 amide bonds. The Kier molecular flexibility index (Phi) is 7.18. The molecule has 0 N–H and O–H groups in total. The van der Waals surface area contributed by atoms with E-state index in [1.807, 2.05) is 19.1 Å². The topological polar surface area (TPSA) is 80.5 Å². The number of piperidine rings is 1. The van der Waals surface area contributed by atoms with Crippen LogP contribution in [-0.2, 0) is 21.9 Å². The number of alkyl halides is 6. The first-order valence-electron chi connectivity index (χ1n) is 13.6. The number of hydrogen-bond donors (Lipinski definition) is 0. The maximum Gasteiger partial charge on any atom is 0.433 e. The van der Waals surface area contributed by atoms with Crippen LogP contribution in [0.4, 0.5) is 37.8 Å². The van der Waals surface area contributed by atoms with E-state index in [1.54, 1.807) is 19.2 Å². The Morgan fingerprint density at radius 1 is 1.07 bits per heavy atom. The molecule has 0 radical (unpaired) electrons. The van der Waals surface area contributed by atoms with Gasteiger partial charge in [0.15, 0.2) is 0 Å². The van der Waals surface area contributed by atoms with Gasteiger partial charge in [-0.1, -0.05) is 12.1 Å². The number of aromatic nitrogens is 1. The SMILES string of the molecule is Cc1cccc(N(C)C(=O)C2(N(C)C(=O)[C@@H]3[C@H]4CC[C@H](C4)N3c3nc(C(F)(F)F)cc(C(F)(F)F)c3C#N)CCC2)c1. The zero-order valence-corrected chi connectivity index (χ0v) is 23.2. The van der Waals surface area contributed by atoms with Gasteiger partial charge in [-0.3, -0.25) is 9.59 Å². The van der Waals surface area contributed by atoms with E-state index in [0.29, 0.717) is 44.2 Å². The summed E-state index contributed by atoms with van der Waals surface area (Å²) in [5, 5.41) is 9.72. The maximum absolute atomic E-state index is 14.2. The molecule has 1 saturated heterocycles. The van der Waals surface area contributed by atoms with E-state index in [0.717, 1.165) is 5.56 Å². The van der Waals surface area contributed by atoms with Crippen molar-refractivity contribution < 1.29 is 35.9 Å². The number of rotatable bonds is 5. The average Bonchev–Trinajstić information content (AvgIpc) is 3.51. The first-order chi connectivity index (χ1) is 19.6. The van der Waals surface area contributed by atoms with Crippen LogP contribution in [0.3, 0.4) is 0 Å².